The van der Waals surface area contributed by atoms with Crippen LogP contribution in [0.1, 0.15) is 17.2 Å². The van der Waals surface area contributed by atoms with Crippen molar-refractivity contribution in [2.45, 2.75) is 18.6 Å². The Morgan fingerprint density at radius 2 is 2.00 bits per heavy atom. The van der Waals surface area contributed by atoms with E-state index >= 15 is 0 Å². The average molecular weight is 261 g/mol. The summed E-state index contributed by atoms with van der Waals surface area (Å²) in [4.78, 5) is 10.5. The maximum absolute atomic E-state index is 10.5. The summed E-state index contributed by atoms with van der Waals surface area (Å²) < 4.78 is 0. The van der Waals surface area contributed by atoms with E-state index in [1.165, 1.54) is 18.2 Å². The van der Waals surface area contributed by atoms with Crippen LogP contribution in [0.25, 0.3) is 0 Å². The number of carboxylic acid groups (broad SMARTS) is 1. The normalized spacial score (nSPS) is 14.4. The van der Waals surface area contributed by atoms with Gasteiger partial charge in [0.05, 0.1) is 13.0 Å². The highest BCUT2D eigenvalue weighted by molar-refractivity contribution is 6.31. The van der Waals surface area contributed by atoms with E-state index in [1.807, 2.05) is 0 Å². The van der Waals surface area contributed by atoms with E-state index in [-0.39, 0.29) is 11.4 Å². The van der Waals surface area contributed by atoms with Crippen LogP contribution in [-0.2, 0) is 11.2 Å². The summed E-state index contributed by atoms with van der Waals surface area (Å²) in [7, 11) is 0. The number of hydrogen-bond acceptors (Lipinski definition) is 4. The van der Waals surface area contributed by atoms with Gasteiger partial charge in [-0.2, -0.15) is 0 Å². The zero-order chi connectivity index (χ0) is 13.0. The highest BCUT2D eigenvalue weighted by Crippen LogP contribution is 2.24. The first-order chi connectivity index (χ1) is 7.95. The quantitative estimate of drug-likeness (QED) is 0.613. The lowest BCUT2D eigenvalue weighted by Crippen LogP contribution is -2.22. The summed E-state index contributed by atoms with van der Waals surface area (Å²) in [5.74, 6) is -1.00. The smallest absolute Gasteiger partial charge is 0.307 e. The van der Waals surface area contributed by atoms with Gasteiger partial charge in [0.1, 0.15) is 12.2 Å². The Balaban J connectivity index is 2.92. The second-order valence-corrected chi connectivity index (χ2v) is 4.02. The molecule has 0 saturated carbocycles. The molecule has 4 N–H and O–H groups in total. The SMILES string of the molecule is O=C(O)Cc1ccc(C(O)C(O)CO)cc1Cl. The Bertz CT molecular complexity index is 407. The number of aliphatic hydroxyl groups excluding tert-OH is 3. The lowest BCUT2D eigenvalue weighted by atomic mass is 10.0. The van der Waals surface area contributed by atoms with Gasteiger partial charge in [-0.15, -0.1) is 0 Å². The van der Waals surface area contributed by atoms with E-state index in [1.54, 1.807) is 0 Å². The molecule has 0 bridgehead atoms. The fourth-order valence-electron chi connectivity index (χ4n) is 1.38. The van der Waals surface area contributed by atoms with Gasteiger partial charge < -0.3 is 20.4 Å². The fourth-order valence-corrected chi connectivity index (χ4v) is 1.63. The molecule has 0 aliphatic heterocycles. The van der Waals surface area contributed by atoms with Crippen LogP contribution in [0.5, 0.6) is 0 Å². The predicted molar refractivity (Wildman–Crippen MR) is 60.8 cm³/mol. The predicted octanol–water partition coefficient (Wildman–Crippen LogP) is 0.354. The maximum Gasteiger partial charge on any atom is 0.307 e. The third-order valence-corrected chi connectivity index (χ3v) is 2.66. The summed E-state index contributed by atoms with van der Waals surface area (Å²) >= 11 is 5.85. The van der Waals surface area contributed by atoms with Crippen LogP contribution in [-0.4, -0.2) is 39.1 Å². The minimum Gasteiger partial charge on any atom is -0.481 e. The highest BCUT2D eigenvalue weighted by atomic mass is 35.5. The van der Waals surface area contributed by atoms with Crippen molar-refractivity contribution in [1.29, 1.82) is 0 Å². The maximum atomic E-state index is 10.5. The average Bonchev–Trinajstić information content (AvgIpc) is 2.29. The Morgan fingerprint density at radius 1 is 1.35 bits per heavy atom. The van der Waals surface area contributed by atoms with Crippen LogP contribution in [0, 0.1) is 0 Å². The summed E-state index contributed by atoms with van der Waals surface area (Å²) in [5.41, 5.74) is 0.749. The van der Waals surface area contributed by atoms with Crippen molar-refractivity contribution >= 4 is 17.6 Å². The van der Waals surface area contributed by atoms with Crippen molar-refractivity contribution in [3.05, 3.63) is 34.3 Å². The van der Waals surface area contributed by atoms with Gasteiger partial charge in [-0.25, -0.2) is 0 Å². The Kier molecular flexibility index (Phi) is 4.89. The molecule has 1 aromatic rings. The molecule has 0 radical (unpaired) electrons. The van der Waals surface area contributed by atoms with Gasteiger partial charge in [0, 0.05) is 5.02 Å². The van der Waals surface area contributed by atoms with Gasteiger partial charge in [-0.05, 0) is 17.2 Å². The number of hydrogen-bond donors (Lipinski definition) is 4. The Labute approximate surface area is 103 Å². The molecule has 1 rings (SSSR count). The van der Waals surface area contributed by atoms with Gasteiger partial charge in [-0.1, -0.05) is 23.7 Å². The zero-order valence-electron chi connectivity index (χ0n) is 8.88. The topological polar surface area (TPSA) is 98.0 Å². The molecule has 0 fully saturated rings. The molecule has 0 aliphatic carbocycles. The molecular weight excluding hydrogens is 248 g/mol. The fraction of sp³-hybridized carbons (Fsp3) is 0.364. The van der Waals surface area contributed by atoms with Crippen molar-refractivity contribution in [2.75, 3.05) is 6.61 Å². The lowest BCUT2D eigenvalue weighted by Gasteiger charge is -2.16. The van der Waals surface area contributed by atoms with Gasteiger partial charge in [0.25, 0.3) is 0 Å². The van der Waals surface area contributed by atoms with E-state index in [0.29, 0.717) is 11.1 Å². The minimum absolute atomic E-state index is 0.203. The molecule has 6 heteroatoms. The summed E-state index contributed by atoms with van der Waals surface area (Å²) in [5, 5.41) is 36.4. The third kappa shape index (κ3) is 3.67. The standard InChI is InChI=1S/C11H13ClO5/c12-8-3-7(11(17)9(14)5-13)2-1-6(8)4-10(15)16/h1-3,9,11,13-14,17H,4-5H2,(H,15,16). The van der Waals surface area contributed by atoms with Crippen LogP contribution in [0.3, 0.4) is 0 Å². The van der Waals surface area contributed by atoms with Crippen molar-refractivity contribution in [2.24, 2.45) is 0 Å². The molecule has 2 atom stereocenters. The summed E-state index contributed by atoms with van der Waals surface area (Å²) in [6, 6.07) is 4.32. The highest BCUT2D eigenvalue weighted by Gasteiger charge is 2.18. The second-order valence-electron chi connectivity index (χ2n) is 3.62. The van der Waals surface area contributed by atoms with E-state index in [0.717, 1.165) is 0 Å². The van der Waals surface area contributed by atoms with Gasteiger partial charge in [0.15, 0.2) is 0 Å². The van der Waals surface area contributed by atoms with Crippen molar-refractivity contribution in [1.82, 2.24) is 0 Å². The number of rotatable bonds is 5. The number of carboxylic acids is 1. The van der Waals surface area contributed by atoms with E-state index in [4.69, 9.17) is 21.8 Å². The Hall–Kier alpha value is -1.14. The number of aliphatic carboxylic acids is 1. The van der Waals surface area contributed by atoms with Crippen molar-refractivity contribution in [3.8, 4) is 0 Å². The molecule has 5 nitrogen and oxygen atoms in total. The number of benzene rings is 1. The van der Waals surface area contributed by atoms with E-state index in [2.05, 4.69) is 0 Å². The molecule has 0 saturated heterocycles. The first-order valence-corrected chi connectivity index (χ1v) is 5.30. The molecule has 0 aliphatic rings. The molecule has 0 heterocycles. The second kappa shape index (κ2) is 5.97. The molecule has 0 aromatic heterocycles. The van der Waals surface area contributed by atoms with Gasteiger partial charge in [-0.3, -0.25) is 4.79 Å². The van der Waals surface area contributed by atoms with Crippen LogP contribution >= 0.6 is 11.6 Å². The van der Waals surface area contributed by atoms with E-state index in [9.17, 15) is 15.0 Å². The molecule has 2 unspecified atom stereocenters. The first kappa shape index (κ1) is 13.9. The van der Waals surface area contributed by atoms with E-state index < -0.39 is 24.8 Å². The molecule has 0 amide bonds. The van der Waals surface area contributed by atoms with Crippen molar-refractivity contribution < 1.29 is 25.2 Å². The largest absolute Gasteiger partial charge is 0.481 e. The first-order valence-electron chi connectivity index (χ1n) is 4.92. The number of carbonyl (C=O) groups is 1. The minimum atomic E-state index is -1.30. The van der Waals surface area contributed by atoms with Gasteiger partial charge >= 0.3 is 5.97 Å². The van der Waals surface area contributed by atoms with Crippen molar-refractivity contribution in [3.63, 3.8) is 0 Å². The summed E-state index contributed by atoms with van der Waals surface area (Å²) in [6.07, 6.45) is -2.76. The zero-order valence-corrected chi connectivity index (χ0v) is 9.63. The van der Waals surface area contributed by atoms with Crippen LogP contribution in [0.15, 0.2) is 18.2 Å². The Morgan fingerprint density at radius 3 is 2.47 bits per heavy atom. The monoisotopic (exact) mass is 260 g/mol. The molecule has 17 heavy (non-hydrogen) atoms. The lowest BCUT2D eigenvalue weighted by molar-refractivity contribution is -0.136. The molecule has 0 spiro atoms. The third-order valence-electron chi connectivity index (χ3n) is 2.31. The van der Waals surface area contributed by atoms with Gasteiger partial charge in [0.2, 0.25) is 0 Å². The van der Waals surface area contributed by atoms with Crippen LogP contribution in [0.4, 0.5) is 0 Å². The molecule has 94 valence electrons. The molecule has 1 aromatic carbocycles. The summed E-state index contributed by atoms with van der Waals surface area (Å²) in [6.45, 7) is -0.574. The number of halogens is 1. The van der Waals surface area contributed by atoms with Crippen LogP contribution < -0.4 is 0 Å². The molecular formula is C11H13ClO5. The number of aliphatic hydroxyl groups is 3. The van der Waals surface area contributed by atoms with Crippen LogP contribution in [0.2, 0.25) is 5.02 Å².